The molecular weight excluding hydrogens is 386 g/mol. The third-order valence-electron chi connectivity index (χ3n) is 10.1. The normalized spacial score (nSPS) is 46.5. The van der Waals surface area contributed by atoms with E-state index in [9.17, 15) is 15.3 Å². The summed E-state index contributed by atoms with van der Waals surface area (Å²) >= 11 is 0. The third kappa shape index (κ3) is 2.77. The van der Waals surface area contributed by atoms with Crippen LogP contribution in [0.25, 0.3) is 0 Å². The lowest BCUT2D eigenvalue weighted by molar-refractivity contribution is -0.189. The molecule has 4 nitrogen and oxygen atoms in total. The summed E-state index contributed by atoms with van der Waals surface area (Å²) in [5.41, 5.74) is 2.58. The number of anilines is 1. The Morgan fingerprint density at radius 1 is 0.935 bits per heavy atom. The smallest absolute Gasteiger partial charge is 0.0760 e. The molecule has 0 amide bonds. The van der Waals surface area contributed by atoms with Gasteiger partial charge in [-0.3, -0.25) is 0 Å². The van der Waals surface area contributed by atoms with Gasteiger partial charge < -0.3 is 20.2 Å². The van der Waals surface area contributed by atoms with Crippen molar-refractivity contribution in [1.29, 1.82) is 0 Å². The second-order valence-electron chi connectivity index (χ2n) is 11.5. The molecule has 0 heterocycles. The second kappa shape index (κ2) is 7.07. The molecule has 0 bridgehead atoms. The molecule has 3 N–H and O–H groups in total. The van der Waals surface area contributed by atoms with Crippen LogP contribution in [0.1, 0.15) is 70.3 Å². The van der Waals surface area contributed by atoms with Crippen LogP contribution in [0.5, 0.6) is 0 Å². The van der Waals surface area contributed by atoms with E-state index in [-0.39, 0.29) is 28.8 Å². The quantitative estimate of drug-likeness (QED) is 0.620. The van der Waals surface area contributed by atoms with Crippen LogP contribution in [0.3, 0.4) is 0 Å². The highest BCUT2D eigenvalue weighted by Crippen LogP contribution is 2.67. The fourth-order valence-corrected chi connectivity index (χ4v) is 8.22. The number of allylic oxidation sites excluding steroid dienone is 1. The number of aliphatic hydroxyl groups is 3. The first-order valence-corrected chi connectivity index (χ1v) is 12.2. The van der Waals surface area contributed by atoms with Gasteiger partial charge in [0.05, 0.1) is 17.8 Å². The number of fused-ring (bicyclic) bond motifs is 5. The van der Waals surface area contributed by atoms with Crippen molar-refractivity contribution in [1.82, 2.24) is 0 Å². The van der Waals surface area contributed by atoms with Gasteiger partial charge in [-0.05, 0) is 73.8 Å². The average molecular weight is 426 g/mol. The molecule has 0 radical (unpaired) electrons. The number of rotatable bonds is 2. The molecule has 170 valence electrons. The molecule has 3 saturated carbocycles. The Balaban J connectivity index is 1.59. The predicted octanol–water partition coefficient (Wildman–Crippen LogP) is 4.25. The lowest BCUT2D eigenvalue weighted by Crippen LogP contribution is -2.61. The second-order valence-corrected chi connectivity index (χ2v) is 11.5. The minimum atomic E-state index is -0.784. The van der Waals surface area contributed by atoms with E-state index in [1.165, 1.54) is 16.8 Å². The molecule has 4 aliphatic rings. The van der Waals surface area contributed by atoms with Gasteiger partial charge in [-0.15, -0.1) is 0 Å². The molecule has 1 unspecified atom stereocenters. The Labute approximate surface area is 187 Å². The largest absolute Gasteiger partial charge is 0.392 e. The van der Waals surface area contributed by atoms with E-state index in [2.05, 4.69) is 63.2 Å². The van der Waals surface area contributed by atoms with Crippen LogP contribution in [-0.2, 0) is 0 Å². The Kier molecular flexibility index (Phi) is 4.90. The Hall–Kier alpha value is -1.36. The predicted molar refractivity (Wildman–Crippen MR) is 124 cm³/mol. The first-order chi connectivity index (χ1) is 14.6. The highest BCUT2D eigenvalue weighted by Gasteiger charge is 2.66. The lowest BCUT2D eigenvalue weighted by Gasteiger charge is -2.61. The van der Waals surface area contributed by atoms with Crippen LogP contribution >= 0.6 is 0 Å². The first-order valence-electron chi connectivity index (χ1n) is 12.2. The van der Waals surface area contributed by atoms with E-state index in [1.54, 1.807) is 0 Å². The summed E-state index contributed by atoms with van der Waals surface area (Å²) < 4.78 is 0. The van der Waals surface area contributed by atoms with E-state index >= 15 is 0 Å². The van der Waals surface area contributed by atoms with E-state index in [0.29, 0.717) is 18.8 Å². The molecule has 5 rings (SSSR count). The molecule has 0 aliphatic heterocycles. The van der Waals surface area contributed by atoms with Crippen molar-refractivity contribution in [2.24, 2.45) is 22.7 Å². The topological polar surface area (TPSA) is 63.9 Å². The standard InChI is InChI=1S/C27H39NO3/c1-25-14-12-22(29)24(17-7-5-6-8-21(17)28(3)4)20(25)10-9-19-18(25)11-15-26(2)23(30)13-16-27(19,26)31/h5-8,10,18-19,22-24,29-31H,9,11-16H2,1-4H3/t18-,19+,22-,23-,24?,25+,26+,27-/m0/s1. The zero-order valence-electron chi connectivity index (χ0n) is 19.5. The van der Waals surface area contributed by atoms with Crippen LogP contribution < -0.4 is 4.90 Å². The van der Waals surface area contributed by atoms with Gasteiger partial charge >= 0.3 is 0 Å². The van der Waals surface area contributed by atoms with Gasteiger partial charge in [0.1, 0.15) is 0 Å². The van der Waals surface area contributed by atoms with Crippen molar-refractivity contribution in [3.8, 4) is 0 Å². The SMILES string of the molecule is CN(C)c1ccccc1C1C2=CC[C@@H]3[C@H](CC[C@]4(C)[C@@H](O)CC[C@]34O)[C@@]2(C)CC[C@@H]1O. The zero-order chi connectivity index (χ0) is 22.2. The van der Waals surface area contributed by atoms with Gasteiger partial charge in [0, 0.05) is 31.1 Å². The molecule has 1 aromatic rings. The summed E-state index contributed by atoms with van der Waals surface area (Å²) in [6.07, 6.45) is 7.56. The van der Waals surface area contributed by atoms with E-state index in [1.807, 2.05) is 0 Å². The Morgan fingerprint density at radius 3 is 2.42 bits per heavy atom. The molecule has 0 spiro atoms. The molecule has 31 heavy (non-hydrogen) atoms. The summed E-state index contributed by atoms with van der Waals surface area (Å²) in [6, 6.07) is 8.48. The molecule has 3 fully saturated rings. The van der Waals surface area contributed by atoms with Gasteiger partial charge in [-0.25, -0.2) is 0 Å². The minimum Gasteiger partial charge on any atom is -0.392 e. The van der Waals surface area contributed by atoms with Gasteiger partial charge in [0.25, 0.3) is 0 Å². The van der Waals surface area contributed by atoms with Gasteiger partial charge in [0.15, 0.2) is 0 Å². The van der Waals surface area contributed by atoms with Crippen LogP contribution in [0.2, 0.25) is 0 Å². The zero-order valence-corrected chi connectivity index (χ0v) is 19.5. The summed E-state index contributed by atoms with van der Waals surface area (Å²) in [5.74, 6) is 0.602. The van der Waals surface area contributed by atoms with Crippen molar-refractivity contribution in [3.05, 3.63) is 41.5 Å². The van der Waals surface area contributed by atoms with Gasteiger partial charge in [-0.2, -0.15) is 0 Å². The summed E-state index contributed by atoms with van der Waals surface area (Å²) in [6.45, 7) is 4.51. The third-order valence-corrected chi connectivity index (χ3v) is 10.1. The number of aliphatic hydroxyl groups excluding tert-OH is 2. The fourth-order valence-electron chi connectivity index (χ4n) is 8.22. The van der Waals surface area contributed by atoms with Crippen molar-refractivity contribution in [2.45, 2.75) is 82.5 Å². The summed E-state index contributed by atoms with van der Waals surface area (Å²) in [5, 5.41) is 33.9. The van der Waals surface area contributed by atoms with Crippen LogP contribution in [0, 0.1) is 22.7 Å². The molecule has 0 saturated heterocycles. The van der Waals surface area contributed by atoms with Crippen LogP contribution in [-0.4, -0.2) is 47.2 Å². The van der Waals surface area contributed by atoms with Gasteiger partial charge in [-0.1, -0.05) is 43.7 Å². The summed E-state index contributed by atoms with van der Waals surface area (Å²) in [4.78, 5) is 2.15. The minimum absolute atomic E-state index is 0.00965. The monoisotopic (exact) mass is 425 g/mol. The van der Waals surface area contributed by atoms with Gasteiger partial charge in [0.2, 0.25) is 0 Å². The fraction of sp³-hybridized carbons (Fsp3) is 0.704. The molecular formula is C27H39NO3. The maximum Gasteiger partial charge on any atom is 0.0760 e. The molecule has 0 aromatic heterocycles. The van der Waals surface area contributed by atoms with Crippen molar-refractivity contribution in [3.63, 3.8) is 0 Å². The molecule has 4 aliphatic carbocycles. The molecule has 1 aromatic carbocycles. The number of benzene rings is 1. The summed E-state index contributed by atoms with van der Waals surface area (Å²) in [7, 11) is 4.14. The van der Waals surface area contributed by atoms with Crippen molar-refractivity contribution in [2.75, 3.05) is 19.0 Å². The van der Waals surface area contributed by atoms with Crippen LogP contribution in [0.15, 0.2) is 35.9 Å². The average Bonchev–Trinajstić information content (AvgIpc) is 2.98. The van der Waals surface area contributed by atoms with Crippen molar-refractivity contribution < 1.29 is 15.3 Å². The highest BCUT2D eigenvalue weighted by molar-refractivity contribution is 5.57. The Morgan fingerprint density at radius 2 is 1.68 bits per heavy atom. The first kappa shape index (κ1) is 21.5. The maximum absolute atomic E-state index is 11.9. The van der Waals surface area contributed by atoms with Crippen molar-refractivity contribution >= 4 is 5.69 Å². The molecule has 8 atom stereocenters. The highest BCUT2D eigenvalue weighted by atomic mass is 16.3. The van der Waals surface area contributed by atoms with E-state index < -0.39 is 11.7 Å². The maximum atomic E-state index is 11.9. The number of hydrogen-bond donors (Lipinski definition) is 3. The Bertz CT molecular complexity index is 896. The molecule has 4 heteroatoms. The lowest BCUT2D eigenvalue weighted by atomic mass is 9.45. The number of para-hydroxylation sites is 1. The number of nitrogens with zero attached hydrogens (tertiary/aromatic N) is 1. The van der Waals surface area contributed by atoms with Crippen LogP contribution in [0.4, 0.5) is 5.69 Å². The van der Waals surface area contributed by atoms with E-state index in [0.717, 1.165) is 32.1 Å². The van der Waals surface area contributed by atoms with E-state index in [4.69, 9.17) is 0 Å². The number of hydrogen-bond acceptors (Lipinski definition) is 4.